The normalized spacial score (nSPS) is 18.4. The van der Waals surface area contributed by atoms with Crippen molar-refractivity contribution in [2.24, 2.45) is 11.7 Å². The van der Waals surface area contributed by atoms with Crippen molar-refractivity contribution in [1.82, 2.24) is 0 Å². The van der Waals surface area contributed by atoms with Gasteiger partial charge in [0.05, 0.1) is 13.0 Å². The predicted molar refractivity (Wildman–Crippen MR) is 96.4 cm³/mol. The van der Waals surface area contributed by atoms with Gasteiger partial charge in [0.1, 0.15) is 5.75 Å². The Bertz CT molecular complexity index is 771. The van der Waals surface area contributed by atoms with Crippen molar-refractivity contribution in [3.05, 3.63) is 59.7 Å². The largest absolute Gasteiger partial charge is 0.493 e. The minimum Gasteiger partial charge on any atom is -0.493 e. The van der Waals surface area contributed by atoms with E-state index in [1.165, 1.54) is 11.1 Å². The number of primary amides is 1. The first-order valence-electron chi connectivity index (χ1n) is 8.41. The summed E-state index contributed by atoms with van der Waals surface area (Å²) in [5.74, 6) is 0.651. The molecule has 25 heavy (non-hydrogen) atoms. The average molecular weight is 338 g/mol. The minimum atomic E-state index is -0.392. The Morgan fingerprint density at radius 2 is 1.96 bits per heavy atom. The van der Waals surface area contributed by atoms with Crippen molar-refractivity contribution in [2.45, 2.75) is 25.7 Å². The van der Waals surface area contributed by atoms with Crippen molar-refractivity contribution >= 4 is 17.5 Å². The van der Waals surface area contributed by atoms with Gasteiger partial charge in [-0.3, -0.25) is 9.59 Å². The van der Waals surface area contributed by atoms with Gasteiger partial charge in [0.25, 0.3) is 0 Å². The maximum atomic E-state index is 12.4. The molecule has 0 aromatic heterocycles. The zero-order valence-electron chi connectivity index (χ0n) is 14.2. The van der Waals surface area contributed by atoms with Gasteiger partial charge in [0.2, 0.25) is 11.8 Å². The first kappa shape index (κ1) is 17.0. The van der Waals surface area contributed by atoms with Gasteiger partial charge in [0.15, 0.2) is 0 Å². The van der Waals surface area contributed by atoms with Crippen LogP contribution in [0.3, 0.4) is 0 Å². The van der Waals surface area contributed by atoms with Crippen LogP contribution >= 0.6 is 0 Å². The molecule has 1 aliphatic carbocycles. The highest BCUT2D eigenvalue weighted by Crippen LogP contribution is 2.48. The maximum Gasteiger partial charge on any atom is 0.228 e. The van der Waals surface area contributed by atoms with Gasteiger partial charge in [-0.25, -0.2) is 0 Å². The molecule has 3 rings (SSSR count). The summed E-state index contributed by atoms with van der Waals surface area (Å²) in [4.78, 5) is 23.1. The van der Waals surface area contributed by atoms with Gasteiger partial charge < -0.3 is 15.8 Å². The van der Waals surface area contributed by atoms with Crippen molar-refractivity contribution in [2.75, 3.05) is 11.9 Å². The van der Waals surface area contributed by atoms with Gasteiger partial charge in [-0.05, 0) is 49.1 Å². The van der Waals surface area contributed by atoms with E-state index in [0.717, 1.165) is 12.1 Å². The second kappa shape index (κ2) is 7.38. The number of nitrogens with one attached hydrogen (secondary N) is 1. The molecule has 2 amide bonds. The third-order valence-corrected chi connectivity index (χ3v) is 4.34. The monoisotopic (exact) mass is 338 g/mol. The van der Waals surface area contributed by atoms with Gasteiger partial charge in [-0.15, -0.1) is 0 Å². The fourth-order valence-electron chi connectivity index (χ4n) is 2.89. The standard InChI is InChI=1S/C20H22N2O3/c1-13-3-2-4-14(11-13)17-12-18(17)20(24)22-15-5-7-16(8-6-15)25-10-9-19(21)23/h2-8,11,17-18H,9-10,12H2,1H3,(H2,21,23)(H,22,24)/t17-,18-/m1/s1. The van der Waals surface area contributed by atoms with Crippen LogP contribution < -0.4 is 15.8 Å². The first-order chi connectivity index (χ1) is 12.0. The Labute approximate surface area is 147 Å². The molecule has 1 saturated carbocycles. The summed E-state index contributed by atoms with van der Waals surface area (Å²) in [6.45, 7) is 2.31. The lowest BCUT2D eigenvalue weighted by Crippen LogP contribution is -2.15. The Morgan fingerprint density at radius 1 is 1.20 bits per heavy atom. The Hall–Kier alpha value is -2.82. The van der Waals surface area contributed by atoms with Crippen molar-refractivity contribution in [1.29, 1.82) is 0 Å². The van der Waals surface area contributed by atoms with Crippen LogP contribution in [0.5, 0.6) is 5.75 Å². The van der Waals surface area contributed by atoms with Crippen LogP contribution in [0, 0.1) is 12.8 Å². The van der Waals surface area contributed by atoms with Crippen LogP contribution in [0.15, 0.2) is 48.5 Å². The Kier molecular flexibility index (Phi) is 5.03. The first-order valence-corrected chi connectivity index (χ1v) is 8.41. The molecule has 0 bridgehead atoms. The second-order valence-corrected chi connectivity index (χ2v) is 6.44. The molecule has 5 heteroatoms. The molecular formula is C20H22N2O3. The lowest BCUT2D eigenvalue weighted by Gasteiger charge is -2.08. The number of ether oxygens (including phenoxy) is 1. The van der Waals surface area contributed by atoms with Crippen molar-refractivity contribution in [3.63, 3.8) is 0 Å². The average Bonchev–Trinajstić information content (AvgIpc) is 3.37. The van der Waals surface area contributed by atoms with E-state index in [9.17, 15) is 9.59 Å². The molecule has 0 unspecified atom stereocenters. The van der Waals surface area contributed by atoms with Crippen molar-refractivity contribution in [3.8, 4) is 5.75 Å². The molecule has 0 radical (unpaired) electrons. The molecule has 2 atom stereocenters. The number of rotatable bonds is 7. The van der Waals surface area contributed by atoms with E-state index in [1.54, 1.807) is 24.3 Å². The SMILES string of the molecule is Cc1cccc([C@H]2C[C@H]2C(=O)Nc2ccc(OCCC(N)=O)cc2)c1. The van der Waals surface area contributed by atoms with Crippen LogP contribution in [0.1, 0.15) is 29.9 Å². The summed E-state index contributed by atoms with van der Waals surface area (Å²) >= 11 is 0. The Morgan fingerprint density at radius 3 is 2.64 bits per heavy atom. The van der Waals surface area contributed by atoms with Crippen LogP contribution in [0.2, 0.25) is 0 Å². The van der Waals surface area contributed by atoms with E-state index < -0.39 is 5.91 Å². The summed E-state index contributed by atoms with van der Waals surface area (Å²) < 4.78 is 5.41. The Balaban J connectivity index is 1.51. The molecule has 1 aliphatic rings. The van der Waals surface area contributed by atoms with E-state index >= 15 is 0 Å². The molecular weight excluding hydrogens is 316 g/mol. The van der Waals surface area contributed by atoms with Crippen molar-refractivity contribution < 1.29 is 14.3 Å². The van der Waals surface area contributed by atoms with Gasteiger partial charge in [-0.1, -0.05) is 29.8 Å². The van der Waals surface area contributed by atoms with E-state index in [0.29, 0.717) is 11.7 Å². The number of hydrogen-bond acceptors (Lipinski definition) is 3. The highest BCUT2D eigenvalue weighted by atomic mass is 16.5. The molecule has 0 aliphatic heterocycles. The number of anilines is 1. The van der Waals surface area contributed by atoms with E-state index in [-0.39, 0.29) is 24.9 Å². The third-order valence-electron chi connectivity index (χ3n) is 4.34. The minimum absolute atomic E-state index is 0.0355. The number of carbonyl (C=O) groups excluding carboxylic acids is 2. The molecule has 130 valence electrons. The zero-order chi connectivity index (χ0) is 17.8. The van der Waals surface area contributed by atoms with Crippen LogP contribution in [0.25, 0.3) is 0 Å². The predicted octanol–water partition coefficient (Wildman–Crippen LogP) is 2.99. The number of amides is 2. The highest BCUT2D eigenvalue weighted by molar-refractivity contribution is 5.95. The van der Waals surface area contributed by atoms with Crippen LogP contribution in [0.4, 0.5) is 5.69 Å². The molecule has 0 spiro atoms. The topological polar surface area (TPSA) is 81.4 Å². The second-order valence-electron chi connectivity index (χ2n) is 6.44. The molecule has 5 nitrogen and oxygen atoms in total. The van der Waals surface area contributed by atoms with Gasteiger partial charge >= 0.3 is 0 Å². The number of benzene rings is 2. The summed E-state index contributed by atoms with van der Waals surface area (Å²) in [5, 5.41) is 2.95. The van der Waals surface area contributed by atoms with E-state index in [2.05, 4.69) is 30.4 Å². The summed E-state index contributed by atoms with van der Waals surface area (Å²) in [6, 6.07) is 15.5. The van der Waals surface area contributed by atoms with Crippen LogP contribution in [-0.4, -0.2) is 18.4 Å². The van der Waals surface area contributed by atoms with E-state index in [4.69, 9.17) is 10.5 Å². The van der Waals surface area contributed by atoms with Crippen LogP contribution in [-0.2, 0) is 9.59 Å². The smallest absolute Gasteiger partial charge is 0.228 e. The molecule has 0 heterocycles. The van der Waals surface area contributed by atoms with E-state index in [1.807, 2.05) is 6.07 Å². The molecule has 0 saturated heterocycles. The number of carbonyl (C=O) groups is 2. The lowest BCUT2D eigenvalue weighted by atomic mass is 10.1. The fraction of sp³-hybridized carbons (Fsp3) is 0.300. The summed E-state index contributed by atoms with van der Waals surface area (Å²) in [7, 11) is 0. The summed E-state index contributed by atoms with van der Waals surface area (Å²) in [6.07, 6.45) is 1.07. The molecule has 2 aromatic rings. The maximum absolute atomic E-state index is 12.4. The number of nitrogens with two attached hydrogens (primary N) is 1. The fourth-order valence-corrected chi connectivity index (χ4v) is 2.89. The van der Waals surface area contributed by atoms with Gasteiger partial charge in [-0.2, -0.15) is 0 Å². The summed E-state index contributed by atoms with van der Waals surface area (Å²) in [5.41, 5.74) is 8.26. The number of aryl methyl sites for hydroxylation is 1. The lowest BCUT2D eigenvalue weighted by molar-refractivity contribution is -0.118. The number of hydrogen-bond donors (Lipinski definition) is 2. The molecule has 2 aromatic carbocycles. The third kappa shape index (κ3) is 4.59. The zero-order valence-corrected chi connectivity index (χ0v) is 14.2. The molecule has 1 fully saturated rings. The molecule has 3 N–H and O–H groups in total. The van der Waals surface area contributed by atoms with Gasteiger partial charge in [0, 0.05) is 11.6 Å². The highest BCUT2D eigenvalue weighted by Gasteiger charge is 2.43. The quantitative estimate of drug-likeness (QED) is 0.814.